The molecule has 2 N–H and O–H groups in total. The second-order valence-corrected chi connectivity index (χ2v) is 8.35. The largest absolute Gasteiger partial charge is 0.416 e. The molecule has 24 heavy (non-hydrogen) atoms. The maximum Gasteiger partial charge on any atom is 0.416 e. The van der Waals surface area contributed by atoms with Crippen molar-refractivity contribution in [1.29, 1.82) is 0 Å². The minimum Gasteiger partial charge on any atom is -0.368 e. The maximum atomic E-state index is 13.0. The summed E-state index contributed by atoms with van der Waals surface area (Å²) in [6, 6.07) is 1.50. The topological polar surface area (TPSA) is 88.4 Å². The lowest BCUT2D eigenvalue weighted by Gasteiger charge is -2.14. The van der Waals surface area contributed by atoms with Gasteiger partial charge in [0.2, 0.25) is 10.0 Å². The number of rotatable bonds is 3. The molecular weight excluding hydrogens is 347 g/mol. The normalized spacial score (nSPS) is 24.5. The van der Waals surface area contributed by atoms with E-state index in [1.807, 2.05) is 0 Å². The molecule has 2 fully saturated rings. The van der Waals surface area contributed by atoms with Gasteiger partial charge in [0, 0.05) is 12.6 Å². The number of hydrogen-bond acceptors (Lipinski definition) is 5. The number of pyridine rings is 1. The van der Waals surface area contributed by atoms with Crippen molar-refractivity contribution in [2.75, 3.05) is 11.9 Å². The molecule has 1 atom stereocenters. The van der Waals surface area contributed by atoms with E-state index in [1.165, 1.54) is 4.52 Å². The van der Waals surface area contributed by atoms with Crippen LogP contribution in [0, 0.1) is 0 Å². The highest BCUT2D eigenvalue weighted by Gasteiger charge is 2.60. The Morgan fingerprint density at radius 1 is 1.38 bits per heavy atom. The lowest BCUT2D eigenvalue weighted by molar-refractivity contribution is -0.137. The van der Waals surface area contributed by atoms with Gasteiger partial charge >= 0.3 is 6.18 Å². The number of nitrogens with one attached hydrogen (secondary N) is 2. The van der Waals surface area contributed by atoms with Gasteiger partial charge in [0.25, 0.3) is 0 Å². The summed E-state index contributed by atoms with van der Waals surface area (Å²) in [4.78, 5) is 3.79. The van der Waals surface area contributed by atoms with Crippen molar-refractivity contribution in [3.8, 4) is 0 Å². The molecule has 0 radical (unpaired) electrons. The molecule has 1 unspecified atom stereocenters. The summed E-state index contributed by atoms with van der Waals surface area (Å²) in [6.07, 6.45) is -1.61. The maximum absolute atomic E-state index is 13.0. The molecule has 3 heterocycles. The number of anilines is 1. The molecule has 130 valence electrons. The van der Waals surface area contributed by atoms with Crippen LogP contribution in [0.2, 0.25) is 0 Å². The summed E-state index contributed by atoms with van der Waals surface area (Å²) in [6.45, 7) is 0.178. The molecule has 2 aliphatic rings. The van der Waals surface area contributed by atoms with Crippen molar-refractivity contribution in [3.05, 3.63) is 24.0 Å². The van der Waals surface area contributed by atoms with Crippen LogP contribution < -0.4 is 10.0 Å². The minimum atomic E-state index is -4.50. The average molecular weight is 361 g/mol. The van der Waals surface area contributed by atoms with Crippen LogP contribution in [0.5, 0.6) is 0 Å². The summed E-state index contributed by atoms with van der Waals surface area (Å²) in [5.41, 5.74) is -0.769. The van der Waals surface area contributed by atoms with E-state index in [9.17, 15) is 21.6 Å². The van der Waals surface area contributed by atoms with E-state index in [0.29, 0.717) is 19.3 Å². The monoisotopic (exact) mass is 361 g/mol. The van der Waals surface area contributed by atoms with Gasteiger partial charge in [-0.25, -0.2) is 18.1 Å². The zero-order valence-electron chi connectivity index (χ0n) is 12.3. The van der Waals surface area contributed by atoms with Crippen molar-refractivity contribution in [2.45, 2.75) is 36.2 Å². The highest BCUT2D eigenvalue weighted by atomic mass is 32.2. The number of aromatic nitrogens is 3. The first-order chi connectivity index (χ1) is 11.2. The number of sulfonamides is 1. The summed E-state index contributed by atoms with van der Waals surface area (Å²) in [7, 11) is -3.33. The molecule has 0 bridgehead atoms. The average Bonchev–Trinajstić information content (AvgIpc) is 3.03. The third-order valence-corrected chi connectivity index (χ3v) is 6.91. The fourth-order valence-electron chi connectivity index (χ4n) is 3.11. The van der Waals surface area contributed by atoms with Crippen molar-refractivity contribution in [1.82, 2.24) is 19.3 Å². The van der Waals surface area contributed by atoms with Crippen LogP contribution in [0.4, 0.5) is 19.0 Å². The SMILES string of the molecule is O=S1(=O)NC(CNc2cc(C(F)(F)F)cc3ncnn23)CC12CC2. The predicted octanol–water partition coefficient (Wildman–Crippen LogP) is 1.38. The quantitative estimate of drug-likeness (QED) is 0.862. The first kappa shape index (κ1) is 15.6. The molecule has 2 aromatic rings. The second-order valence-electron chi connectivity index (χ2n) is 6.24. The minimum absolute atomic E-state index is 0.0676. The number of nitrogens with zero attached hydrogens (tertiary/aromatic N) is 3. The standard InChI is InChI=1S/C13H14F3N5O2S/c14-13(15,16)8-3-10(21-11(4-8)18-7-19-21)17-6-9-5-12(1-2-12)24(22,23)20-9/h3-4,7,9,17,20H,1-2,5-6H2. The molecule has 2 aromatic heterocycles. The zero-order chi connectivity index (χ0) is 17.2. The van der Waals surface area contributed by atoms with Gasteiger partial charge in [0.1, 0.15) is 12.1 Å². The Labute approximate surface area is 135 Å². The first-order valence-electron chi connectivity index (χ1n) is 7.37. The van der Waals surface area contributed by atoms with Crippen LogP contribution >= 0.6 is 0 Å². The zero-order valence-corrected chi connectivity index (χ0v) is 13.2. The lowest BCUT2D eigenvalue weighted by Crippen LogP contribution is -2.33. The summed E-state index contributed by atoms with van der Waals surface area (Å²) < 4.78 is 66.1. The summed E-state index contributed by atoms with van der Waals surface area (Å²) in [5.74, 6) is 0.119. The van der Waals surface area contributed by atoms with E-state index in [4.69, 9.17) is 0 Å². The van der Waals surface area contributed by atoms with E-state index in [2.05, 4.69) is 20.1 Å². The molecule has 1 spiro atoms. The molecule has 4 rings (SSSR count). The summed E-state index contributed by atoms with van der Waals surface area (Å²) >= 11 is 0. The molecule has 1 aliphatic carbocycles. The van der Waals surface area contributed by atoms with Gasteiger partial charge in [-0.15, -0.1) is 0 Å². The molecule has 7 nitrogen and oxygen atoms in total. The van der Waals surface area contributed by atoms with Crippen LogP contribution in [0.25, 0.3) is 5.65 Å². The van der Waals surface area contributed by atoms with Crippen molar-refractivity contribution < 1.29 is 21.6 Å². The van der Waals surface area contributed by atoms with Gasteiger partial charge in [-0.1, -0.05) is 0 Å². The fourth-order valence-corrected chi connectivity index (χ4v) is 5.03. The summed E-state index contributed by atoms with van der Waals surface area (Å²) in [5, 5.41) is 6.76. The predicted molar refractivity (Wildman–Crippen MR) is 78.9 cm³/mol. The highest BCUT2D eigenvalue weighted by molar-refractivity contribution is 7.91. The van der Waals surface area contributed by atoms with Crippen LogP contribution in [0.15, 0.2) is 18.5 Å². The third kappa shape index (κ3) is 2.42. The van der Waals surface area contributed by atoms with Gasteiger partial charge in [0.15, 0.2) is 5.65 Å². The Morgan fingerprint density at radius 3 is 2.75 bits per heavy atom. The highest BCUT2D eigenvalue weighted by Crippen LogP contribution is 2.50. The fraction of sp³-hybridized carbons (Fsp3) is 0.538. The first-order valence-corrected chi connectivity index (χ1v) is 8.85. The number of hydrogen-bond donors (Lipinski definition) is 2. The molecule has 0 amide bonds. The van der Waals surface area contributed by atoms with Gasteiger partial charge < -0.3 is 5.32 Å². The molecule has 11 heteroatoms. The number of fused-ring (bicyclic) bond motifs is 1. The molecule has 0 aromatic carbocycles. The molecular formula is C13H14F3N5O2S. The smallest absolute Gasteiger partial charge is 0.368 e. The number of alkyl halides is 3. The Hall–Kier alpha value is -1.88. The Bertz CT molecular complexity index is 904. The number of halogens is 3. The second kappa shape index (κ2) is 4.82. The molecule has 1 saturated carbocycles. The van der Waals surface area contributed by atoms with E-state index >= 15 is 0 Å². The van der Waals surface area contributed by atoms with Crippen LogP contribution in [-0.4, -0.2) is 40.3 Å². The Balaban J connectivity index is 1.58. The molecule has 1 saturated heterocycles. The Kier molecular flexibility index (Phi) is 3.14. The van der Waals surface area contributed by atoms with Gasteiger partial charge in [-0.3, -0.25) is 0 Å². The van der Waals surface area contributed by atoms with E-state index in [1.54, 1.807) is 0 Å². The van der Waals surface area contributed by atoms with Crippen LogP contribution in [0.1, 0.15) is 24.8 Å². The van der Waals surface area contributed by atoms with Gasteiger partial charge in [0.05, 0.1) is 10.3 Å². The van der Waals surface area contributed by atoms with Crippen molar-refractivity contribution in [3.63, 3.8) is 0 Å². The molecule has 1 aliphatic heterocycles. The van der Waals surface area contributed by atoms with Crippen LogP contribution in [-0.2, 0) is 16.2 Å². The van der Waals surface area contributed by atoms with E-state index in [0.717, 1.165) is 18.5 Å². The van der Waals surface area contributed by atoms with E-state index < -0.39 is 26.5 Å². The van der Waals surface area contributed by atoms with Gasteiger partial charge in [-0.05, 0) is 31.4 Å². The van der Waals surface area contributed by atoms with Crippen LogP contribution in [0.3, 0.4) is 0 Å². The van der Waals surface area contributed by atoms with Gasteiger partial charge in [-0.2, -0.15) is 22.8 Å². The third-order valence-electron chi connectivity index (χ3n) is 4.55. The Morgan fingerprint density at radius 2 is 2.12 bits per heavy atom. The van der Waals surface area contributed by atoms with E-state index in [-0.39, 0.29) is 24.1 Å². The lowest BCUT2D eigenvalue weighted by atomic mass is 10.1. The van der Waals surface area contributed by atoms with Crippen molar-refractivity contribution in [2.24, 2.45) is 0 Å². The van der Waals surface area contributed by atoms with Crippen molar-refractivity contribution >= 4 is 21.5 Å².